The van der Waals surface area contributed by atoms with Crippen LogP contribution < -0.4 is 0 Å². The molecular formula is C24H25F3N4O. The van der Waals surface area contributed by atoms with Gasteiger partial charge in [-0.3, -0.25) is 9.69 Å². The highest BCUT2D eigenvalue weighted by atomic mass is 19.4. The lowest BCUT2D eigenvalue weighted by Crippen LogP contribution is -2.49. The summed E-state index contributed by atoms with van der Waals surface area (Å²) in [7, 11) is 0. The van der Waals surface area contributed by atoms with E-state index < -0.39 is 11.7 Å². The molecule has 0 saturated carbocycles. The first-order valence-corrected chi connectivity index (χ1v) is 10.6. The van der Waals surface area contributed by atoms with Gasteiger partial charge in [-0.25, -0.2) is 4.68 Å². The topological polar surface area (TPSA) is 41.4 Å². The zero-order valence-corrected chi connectivity index (χ0v) is 17.8. The van der Waals surface area contributed by atoms with Crippen molar-refractivity contribution in [1.29, 1.82) is 0 Å². The number of alkyl halides is 3. The number of amides is 1. The number of rotatable bonds is 5. The van der Waals surface area contributed by atoms with Crippen LogP contribution in [0.15, 0.2) is 60.8 Å². The minimum Gasteiger partial charge on any atom is -0.336 e. The Morgan fingerprint density at radius 1 is 1.00 bits per heavy atom. The third-order valence-electron chi connectivity index (χ3n) is 5.88. The van der Waals surface area contributed by atoms with E-state index in [0.29, 0.717) is 24.3 Å². The number of piperazine rings is 1. The molecule has 0 spiro atoms. The predicted molar refractivity (Wildman–Crippen MR) is 116 cm³/mol. The fourth-order valence-electron chi connectivity index (χ4n) is 3.97. The van der Waals surface area contributed by atoms with E-state index in [9.17, 15) is 18.0 Å². The molecule has 2 heterocycles. The van der Waals surface area contributed by atoms with Gasteiger partial charge in [-0.05, 0) is 37.1 Å². The molecular weight excluding hydrogens is 417 g/mol. The van der Waals surface area contributed by atoms with E-state index in [1.54, 1.807) is 17.9 Å². The lowest BCUT2D eigenvalue weighted by molar-refractivity contribution is -0.137. The number of benzene rings is 2. The highest BCUT2D eigenvalue weighted by molar-refractivity contribution is 5.95. The van der Waals surface area contributed by atoms with Gasteiger partial charge in [-0.1, -0.05) is 36.4 Å². The molecule has 0 aliphatic carbocycles. The fourth-order valence-corrected chi connectivity index (χ4v) is 3.97. The molecule has 1 fully saturated rings. The van der Waals surface area contributed by atoms with Gasteiger partial charge in [0.2, 0.25) is 0 Å². The maximum Gasteiger partial charge on any atom is 0.416 e. The van der Waals surface area contributed by atoms with Crippen LogP contribution in [-0.4, -0.2) is 58.2 Å². The van der Waals surface area contributed by atoms with Gasteiger partial charge in [0, 0.05) is 32.7 Å². The molecule has 1 amide bonds. The zero-order chi connectivity index (χ0) is 22.7. The molecule has 5 nitrogen and oxygen atoms in total. The second kappa shape index (κ2) is 9.16. The monoisotopic (exact) mass is 442 g/mol. The van der Waals surface area contributed by atoms with Gasteiger partial charge in [0.1, 0.15) is 0 Å². The molecule has 8 heteroatoms. The molecule has 0 bridgehead atoms. The highest BCUT2D eigenvalue weighted by Gasteiger charge is 2.31. The predicted octanol–water partition coefficient (Wildman–Crippen LogP) is 4.20. The van der Waals surface area contributed by atoms with Gasteiger partial charge in [-0.2, -0.15) is 18.3 Å². The van der Waals surface area contributed by atoms with Crippen molar-refractivity contribution in [3.8, 4) is 5.69 Å². The summed E-state index contributed by atoms with van der Waals surface area (Å²) in [4.78, 5) is 17.2. The van der Waals surface area contributed by atoms with Crippen molar-refractivity contribution in [2.75, 3.05) is 32.7 Å². The Kier molecular flexibility index (Phi) is 6.32. The van der Waals surface area contributed by atoms with E-state index in [2.05, 4.69) is 22.1 Å². The quantitative estimate of drug-likeness (QED) is 0.595. The molecule has 0 unspecified atom stereocenters. The van der Waals surface area contributed by atoms with Crippen LogP contribution in [0.3, 0.4) is 0 Å². The zero-order valence-electron chi connectivity index (χ0n) is 17.8. The first-order chi connectivity index (χ1) is 15.3. The van der Waals surface area contributed by atoms with E-state index in [-0.39, 0.29) is 11.6 Å². The second-order valence-corrected chi connectivity index (χ2v) is 7.97. The average molecular weight is 442 g/mol. The Balaban J connectivity index is 1.39. The number of nitrogens with zero attached hydrogens (tertiary/aromatic N) is 4. The molecule has 1 saturated heterocycles. The molecule has 1 aliphatic heterocycles. The summed E-state index contributed by atoms with van der Waals surface area (Å²) >= 11 is 0. The van der Waals surface area contributed by atoms with Crippen LogP contribution in [0.25, 0.3) is 5.69 Å². The van der Waals surface area contributed by atoms with E-state index in [1.807, 2.05) is 18.2 Å². The van der Waals surface area contributed by atoms with Crippen molar-refractivity contribution in [1.82, 2.24) is 19.6 Å². The third kappa shape index (κ3) is 4.85. The summed E-state index contributed by atoms with van der Waals surface area (Å²) in [5, 5.41) is 4.19. The molecule has 3 aromatic rings. The molecule has 2 aromatic carbocycles. The van der Waals surface area contributed by atoms with Gasteiger partial charge in [-0.15, -0.1) is 0 Å². The van der Waals surface area contributed by atoms with Crippen molar-refractivity contribution < 1.29 is 18.0 Å². The molecule has 1 aromatic heterocycles. The van der Waals surface area contributed by atoms with Crippen LogP contribution in [0.2, 0.25) is 0 Å². The lowest BCUT2D eigenvalue weighted by Gasteiger charge is -2.34. The second-order valence-electron chi connectivity index (χ2n) is 7.97. The summed E-state index contributed by atoms with van der Waals surface area (Å²) < 4.78 is 40.5. The molecule has 4 rings (SSSR count). The maximum absolute atomic E-state index is 13.1. The van der Waals surface area contributed by atoms with Gasteiger partial charge in [0.05, 0.1) is 28.7 Å². The van der Waals surface area contributed by atoms with Crippen molar-refractivity contribution in [2.24, 2.45) is 0 Å². The molecule has 168 valence electrons. The van der Waals surface area contributed by atoms with Crippen molar-refractivity contribution in [3.63, 3.8) is 0 Å². The van der Waals surface area contributed by atoms with Gasteiger partial charge in [0.25, 0.3) is 5.91 Å². The average Bonchev–Trinajstić information content (AvgIpc) is 3.19. The van der Waals surface area contributed by atoms with Crippen LogP contribution in [0.4, 0.5) is 13.2 Å². The summed E-state index contributed by atoms with van der Waals surface area (Å²) in [6.07, 6.45) is -2.02. The SMILES string of the molecule is Cc1c(C(=O)N2CCN(CCc3ccccc3)CC2)cnn1-c1cccc(C(F)(F)F)c1. The van der Waals surface area contributed by atoms with Crippen LogP contribution in [0.5, 0.6) is 0 Å². The minimum atomic E-state index is -4.43. The van der Waals surface area contributed by atoms with E-state index in [1.165, 1.54) is 22.5 Å². The summed E-state index contributed by atoms with van der Waals surface area (Å²) in [6.45, 7) is 5.46. The number of hydrogen-bond donors (Lipinski definition) is 0. The Hall–Kier alpha value is -3.13. The van der Waals surface area contributed by atoms with Gasteiger partial charge in [0.15, 0.2) is 0 Å². The molecule has 0 radical (unpaired) electrons. The minimum absolute atomic E-state index is 0.136. The largest absolute Gasteiger partial charge is 0.416 e. The summed E-state index contributed by atoms with van der Waals surface area (Å²) in [5.74, 6) is -0.136. The maximum atomic E-state index is 13.1. The number of carbonyl (C=O) groups excluding carboxylic acids is 1. The molecule has 32 heavy (non-hydrogen) atoms. The van der Waals surface area contributed by atoms with Crippen molar-refractivity contribution in [3.05, 3.63) is 83.2 Å². The van der Waals surface area contributed by atoms with Crippen LogP contribution in [0.1, 0.15) is 27.2 Å². The summed E-state index contributed by atoms with van der Waals surface area (Å²) in [6, 6.07) is 15.3. The molecule has 1 aliphatic rings. The Morgan fingerprint density at radius 2 is 1.72 bits per heavy atom. The molecule has 0 atom stereocenters. The first-order valence-electron chi connectivity index (χ1n) is 10.6. The standard InChI is InChI=1S/C24H25F3N4O/c1-18-22(17-28-31(18)21-9-5-8-20(16-21)24(25,26)27)23(32)30-14-12-29(13-15-30)11-10-19-6-3-2-4-7-19/h2-9,16-17H,10-15H2,1H3. The highest BCUT2D eigenvalue weighted by Crippen LogP contribution is 2.30. The molecule has 0 N–H and O–H groups in total. The van der Waals surface area contributed by atoms with Gasteiger partial charge >= 0.3 is 6.18 Å². The van der Waals surface area contributed by atoms with Crippen molar-refractivity contribution in [2.45, 2.75) is 19.5 Å². The fraction of sp³-hybridized carbons (Fsp3) is 0.333. The van der Waals surface area contributed by atoms with E-state index in [0.717, 1.165) is 38.2 Å². The van der Waals surface area contributed by atoms with E-state index in [4.69, 9.17) is 0 Å². The normalized spacial score (nSPS) is 15.2. The number of carbonyl (C=O) groups is 1. The summed E-state index contributed by atoms with van der Waals surface area (Å²) in [5.41, 5.74) is 1.77. The van der Waals surface area contributed by atoms with Crippen molar-refractivity contribution >= 4 is 5.91 Å². The first kappa shape index (κ1) is 22.1. The van der Waals surface area contributed by atoms with Crippen LogP contribution in [0, 0.1) is 6.92 Å². The van der Waals surface area contributed by atoms with Gasteiger partial charge < -0.3 is 4.90 Å². The smallest absolute Gasteiger partial charge is 0.336 e. The number of hydrogen-bond acceptors (Lipinski definition) is 3. The number of halogens is 3. The Labute approximate surface area is 185 Å². The van der Waals surface area contributed by atoms with Crippen LogP contribution >= 0.6 is 0 Å². The third-order valence-corrected chi connectivity index (χ3v) is 5.88. The number of aromatic nitrogens is 2. The van der Waals surface area contributed by atoms with E-state index >= 15 is 0 Å². The Morgan fingerprint density at radius 3 is 2.41 bits per heavy atom. The van der Waals surface area contributed by atoms with Crippen LogP contribution in [-0.2, 0) is 12.6 Å². The Bertz CT molecular complexity index is 1070. The lowest BCUT2D eigenvalue weighted by atomic mass is 10.1.